The molecule has 222 valence electrons. The van der Waals surface area contributed by atoms with Crippen molar-refractivity contribution in [3.8, 4) is 22.8 Å². The number of methoxy groups -OCH3 is 2. The minimum absolute atomic E-state index is 0.314. The van der Waals surface area contributed by atoms with Crippen molar-refractivity contribution in [2.24, 2.45) is 4.99 Å². The second kappa shape index (κ2) is 12.2. The molecule has 0 fully saturated rings. The van der Waals surface area contributed by atoms with Crippen molar-refractivity contribution < 1.29 is 18.7 Å². The van der Waals surface area contributed by atoms with Gasteiger partial charge in [0.1, 0.15) is 29.1 Å². The molecule has 44 heavy (non-hydrogen) atoms. The van der Waals surface area contributed by atoms with Crippen molar-refractivity contribution in [2.75, 3.05) is 19.5 Å². The minimum Gasteiger partial charge on any atom is -0.497 e. The van der Waals surface area contributed by atoms with Crippen LogP contribution in [0.2, 0.25) is 10.0 Å². The van der Waals surface area contributed by atoms with Crippen LogP contribution in [0.15, 0.2) is 104 Å². The summed E-state index contributed by atoms with van der Waals surface area (Å²) in [5.41, 5.74) is 2.35. The smallest absolute Gasteiger partial charge is 0.271 e. The molecule has 0 unspecified atom stereocenters. The fourth-order valence-corrected chi connectivity index (χ4v) is 6.59. The van der Waals surface area contributed by atoms with Crippen LogP contribution in [0.5, 0.6) is 11.5 Å². The van der Waals surface area contributed by atoms with Crippen LogP contribution in [0.3, 0.4) is 0 Å². The van der Waals surface area contributed by atoms with Gasteiger partial charge in [0.2, 0.25) is 0 Å². The summed E-state index contributed by atoms with van der Waals surface area (Å²) in [6.45, 7) is 1.76. The molecule has 0 aliphatic carbocycles. The van der Waals surface area contributed by atoms with Crippen molar-refractivity contribution in [1.29, 1.82) is 0 Å². The third-order valence-corrected chi connectivity index (χ3v) is 8.66. The number of thiazole rings is 1. The van der Waals surface area contributed by atoms with Gasteiger partial charge in [-0.2, -0.15) is 0 Å². The zero-order chi connectivity index (χ0) is 31.0. The van der Waals surface area contributed by atoms with Gasteiger partial charge in [0, 0.05) is 34.0 Å². The van der Waals surface area contributed by atoms with Crippen molar-refractivity contribution in [3.05, 3.63) is 131 Å². The number of hydrogen-bond acceptors (Lipinski definition) is 7. The average molecular weight is 647 g/mol. The molecule has 1 aliphatic heterocycles. The monoisotopic (exact) mass is 645 g/mol. The summed E-state index contributed by atoms with van der Waals surface area (Å²) in [6.07, 6.45) is 1.66. The zero-order valence-electron chi connectivity index (χ0n) is 23.8. The number of rotatable bonds is 7. The van der Waals surface area contributed by atoms with Crippen molar-refractivity contribution in [1.82, 2.24) is 4.57 Å². The van der Waals surface area contributed by atoms with E-state index >= 15 is 0 Å². The van der Waals surface area contributed by atoms with E-state index in [9.17, 15) is 9.59 Å². The Morgan fingerprint density at radius 2 is 1.82 bits per heavy atom. The predicted octanol–water partition coefficient (Wildman–Crippen LogP) is 6.46. The van der Waals surface area contributed by atoms with Crippen molar-refractivity contribution in [3.63, 3.8) is 0 Å². The van der Waals surface area contributed by atoms with E-state index in [2.05, 4.69) is 5.32 Å². The Balaban J connectivity index is 1.49. The summed E-state index contributed by atoms with van der Waals surface area (Å²) in [7, 11) is 3.09. The van der Waals surface area contributed by atoms with Crippen LogP contribution in [0.1, 0.15) is 24.3 Å². The van der Waals surface area contributed by atoms with Crippen LogP contribution in [0.4, 0.5) is 5.69 Å². The van der Waals surface area contributed by atoms with E-state index < -0.39 is 6.04 Å². The van der Waals surface area contributed by atoms with Crippen molar-refractivity contribution >= 4 is 52.2 Å². The number of fused-ring (bicyclic) bond motifs is 1. The first kappa shape index (κ1) is 29.5. The summed E-state index contributed by atoms with van der Waals surface area (Å²) in [6, 6.07) is 22.2. The van der Waals surface area contributed by atoms with Gasteiger partial charge < -0.3 is 19.2 Å². The van der Waals surface area contributed by atoms with E-state index in [0.29, 0.717) is 70.5 Å². The maximum atomic E-state index is 14.1. The highest BCUT2D eigenvalue weighted by Gasteiger charge is 2.34. The number of benzene rings is 3. The quantitative estimate of drug-likeness (QED) is 0.219. The molecule has 1 atom stereocenters. The zero-order valence-corrected chi connectivity index (χ0v) is 26.1. The van der Waals surface area contributed by atoms with Crippen LogP contribution < -0.4 is 29.7 Å². The summed E-state index contributed by atoms with van der Waals surface area (Å²) in [4.78, 5) is 33.1. The molecule has 8 nitrogen and oxygen atoms in total. The molecule has 0 bridgehead atoms. The van der Waals surface area contributed by atoms with Crippen LogP contribution >= 0.6 is 34.5 Å². The lowest BCUT2D eigenvalue weighted by molar-refractivity contribution is -0.113. The molecule has 1 aliphatic rings. The molecule has 3 heterocycles. The van der Waals surface area contributed by atoms with Crippen LogP contribution in [0, 0.1) is 0 Å². The summed E-state index contributed by atoms with van der Waals surface area (Å²) >= 11 is 13.6. The molecule has 5 aromatic rings. The topological polar surface area (TPSA) is 95.1 Å². The average Bonchev–Trinajstić information content (AvgIpc) is 3.60. The Morgan fingerprint density at radius 3 is 2.55 bits per heavy atom. The first-order chi connectivity index (χ1) is 21.3. The Hall–Kier alpha value is -4.57. The third kappa shape index (κ3) is 5.57. The fraction of sp³-hybridized carbons (Fsp3) is 0.121. The SMILES string of the molecule is COc1ccc([C@H]2C(C(=O)Nc3ccccc3)=C(C)N=c3s/c(=C\c4ccc(-c5ccc(Cl)cc5Cl)o4)c(=O)n32)c(OC)c1. The number of hydrogen-bond donors (Lipinski definition) is 1. The lowest BCUT2D eigenvalue weighted by atomic mass is 9.94. The molecule has 0 saturated heterocycles. The molecule has 6 rings (SSSR count). The van der Waals surface area contributed by atoms with E-state index in [1.807, 2.05) is 18.2 Å². The number of aromatic nitrogens is 1. The molecule has 1 N–H and O–H groups in total. The number of anilines is 1. The number of nitrogens with one attached hydrogen (secondary N) is 1. The maximum absolute atomic E-state index is 14.1. The molecule has 11 heteroatoms. The van der Waals surface area contributed by atoms with Crippen LogP contribution in [-0.4, -0.2) is 24.7 Å². The Bertz CT molecular complexity index is 2110. The third-order valence-electron chi connectivity index (χ3n) is 7.13. The van der Waals surface area contributed by atoms with Crippen LogP contribution in [0.25, 0.3) is 17.4 Å². The summed E-state index contributed by atoms with van der Waals surface area (Å²) < 4.78 is 19.1. The lowest BCUT2D eigenvalue weighted by Gasteiger charge is -2.26. The first-order valence-corrected chi connectivity index (χ1v) is 15.0. The Kier molecular flexibility index (Phi) is 8.18. The second-order valence-electron chi connectivity index (χ2n) is 9.84. The normalized spacial score (nSPS) is 14.7. The fourth-order valence-electron chi connectivity index (χ4n) is 5.06. The Labute approximate surface area is 266 Å². The van der Waals surface area contributed by atoms with Gasteiger partial charge in [-0.3, -0.25) is 14.2 Å². The second-order valence-corrected chi connectivity index (χ2v) is 11.7. The van der Waals surface area contributed by atoms with Gasteiger partial charge in [-0.15, -0.1) is 0 Å². The Morgan fingerprint density at radius 1 is 1.02 bits per heavy atom. The number of amides is 1. The molecule has 2 aromatic heterocycles. The van der Waals surface area contributed by atoms with Crippen LogP contribution in [-0.2, 0) is 4.79 Å². The minimum atomic E-state index is -0.835. The molecule has 0 spiro atoms. The summed E-state index contributed by atoms with van der Waals surface area (Å²) in [5, 5.41) is 3.91. The van der Waals surface area contributed by atoms with E-state index in [1.54, 1.807) is 80.8 Å². The highest BCUT2D eigenvalue weighted by molar-refractivity contribution is 7.07. The molecular formula is C33H25Cl2N3O5S. The molecule has 0 saturated carbocycles. The molecular weight excluding hydrogens is 621 g/mol. The lowest BCUT2D eigenvalue weighted by Crippen LogP contribution is -2.40. The van der Waals surface area contributed by atoms with E-state index in [0.717, 1.165) is 0 Å². The number of halogens is 2. The summed E-state index contributed by atoms with van der Waals surface area (Å²) in [5.74, 6) is 1.63. The van der Waals surface area contributed by atoms with E-state index in [4.69, 9.17) is 42.1 Å². The first-order valence-electron chi connectivity index (χ1n) is 13.4. The highest BCUT2D eigenvalue weighted by Crippen LogP contribution is 2.38. The number of para-hydroxylation sites is 1. The van der Waals surface area contributed by atoms with Gasteiger partial charge in [0.25, 0.3) is 11.5 Å². The number of nitrogens with zero attached hydrogens (tertiary/aromatic N) is 2. The van der Waals surface area contributed by atoms with Gasteiger partial charge in [-0.25, -0.2) is 4.99 Å². The van der Waals surface area contributed by atoms with Gasteiger partial charge in [0.15, 0.2) is 4.80 Å². The van der Waals surface area contributed by atoms with Gasteiger partial charge >= 0.3 is 0 Å². The van der Waals surface area contributed by atoms with Crippen molar-refractivity contribution in [2.45, 2.75) is 13.0 Å². The number of furan rings is 1. The number of carbonyl (C=O) groups is 1. The number of ether oxygens (including phenoxy) is 2. The number of carbonyl (C=O) groups excluding carboxylic acids is 1. The maximum Gasteiger partial charge on any atom is 0.271 e. The van der Waals surface area contributed by atoms with E-state index in [-0.39, 0.29) is 11.5 Å². The van der Waals surface area contributed by atoms with Gasteiger partial charge in [0.05, 0.1) is 35.0 Å². The van der Waals surface area contributed by atoms with E-state index in [1.165, 1.54) is 23.0 Å². The molecule has 0 radical (unpaired) electrons. The van der Waals surface area contributed by atoms with Gasteiger partial charge in [-0.05, 0) is 61.5 Å². The standard InChI is InChI=1S/C33H25Cl2N3O5S/c1-18-29(31(39)37-20-7-5-4-6-8-20)30(24-13-10-21(41-2)16-27(24)42-3)38-32(40)28(44-33(38)36-18)17-22-11-14-26(43-22)23-12-9-19(34)15-25(23)35/h4-17,30H,1-3H3,(H,37,39)/b28-17-/t30-/m0/s1. The number of allylic oxidation sites excluding steroid dienone is 1. The predicted molar refractivity (Wildman–Crippen MR) is 173 cm³/mol. The molecule has 1 amide bonds. The largest absolute Gasteiger partial charge is 0.497 e. The highest BCUT2D eigenvalue weighted by atomic mass is 35.5. The van der Waals surface area contributed by atoms with Gasteiger partial charge in [-0.1, -0.05) is 52.7 Å². The molecule has 3 aromatic carbocycles.